The van der Waals surface area contributed by atoms with Crippen molar-refractivity contribution in [3.8, 4) is 0 Å². The summed E-state index contributed by atoms with van der Waals surface area (Å²) in [6.07, 6.45) is 3.67. The monoisotopic (exact) mass is 305 g/mol. The van der Waals surface area contributed by atoms with E-state index in [2.05, 4.69) is 51.1 Å². The van der Waals surface area contributed by atoms with E-state index in [0.717, 1.165) is 22.3 Å². The van der Waals surface area contributed by atoms with E-state index in [9.17, 15) is 0 Å². The number of anilines is 1. The highest BCUT2D eigenvalue weighted by molar-refractivity contribution is 9.10. The van der Waals surface area contributed by atoms with E-state index in [1.165, 1.54) is 5.56 Å². The third kappa shape index (κ3) is 3.09. The second-order valence-electron chi connectivity index (χ2n) is 4.19. The fourth-order valence-electron chi connectivity index (χ4n) is 1.94. The van der Waals surface area contributed by atoms with Gasteiger partial charge >= 0.3 is 0 Å². The number of rotatable bonds is 4. The molecule has 18 heavy (non-hydrogen) atoms. The number of nitrogens with zero attached hydrogens (tertiary/aromatic N) is 2. The number of halogens is 1. The molecule has 0 saturated heterocycles. The van der Waals surface area contributed by atoms with E-state index < -0.39 is 0 Å². The van der Waals surface area contributed by atoms with Crippen LogP contribution in [0.4, 0.5) is 5.69 Å². The molecule has 94 valence electrons. The number of benzene rings is 1. The van der Waals surface area contributed by atoms with Gasteiger partial charge in [-0.15, -0.1) is 0 Å². The summed E-state index contributed by atoms with van der Waals surface area (Å²) in [7, 11) is 2.06. The quantitative estimate of drug-likeness (QED) is 0.944. The van der Waals surface area contributed by atoms with Crippen molar-refractivity contribution < 1.29 is 0 Å². The summed E-state index contributed by atoms with van der Waals surface area (Å²) in [5, 5.41) is 0. The lowest BCUT2D eigenvalue weighted by molar-refractivity contribution is 0.897. The molecular formula is C14H16BrN3. The minimum absolute atomic E-state index is 0.534. The Labute approximate surface area is 116 Å². The third-order valence-electron chi connectivity index (χ3n) is 2.82. The van der Waals surface area contributed by atoms with Crippen molar-refractivity contribution in [2.45, 2.75) is 13.1 Å². The van der Waals surface area contributed by atoms with Crippen LogP contribution < -0.4 is 10.6 Å². The summed E-state index contributed by atoms with van der Waals surface area (Å²) >= 11 is 3.47. The Morgan fingerprint density at radius 2 is 2.17 bits per heavy atom. The lowest BCUT2D eigenvalue weighted by atomic mass is 10.1. The van der Waals surface area contributed by atoms with Gasteiger partial charge in [-0.25, -0.2) is 0 Å². The second kappa shape index (κ2) is 5.98. The van der Waals surface area contributed by atoms with Gasteiger partial charge in [-0.3, -0.25) is 4.98 Å². The van der Waals surface area contributed by atoms with Crippen molar-refractivity contribution in [2.75, 3.05) is 11.9 Å². The first-order chi connectivity index (χ1) is 8.70. The van der Waals surface area contributed by atoms with Crippen LogP contribution in [0, 0.1) is 0 Å². The maximum atomic E-state index is 5.79. The summed E-state index contributed by atoms with van der Waals surface area (Å²) < 4.78 is 1.06. The van der Waals surface area contributed by atoms with Crippen LogP contribution >= 0.6 is 15.9 Å². The smallest absolute Gasteiger partial charge is 0.0441 e. The van der Waals surface area contributed by atoms with E-state index >= 15 is 0 Å². The number of pyridine rings is 1. The maximum absolute atomic E-state index is 5.79. The van der Waals surface area contributed by atoms with Crippen LogP contribution in [0.25, 0.3) is 0 Å². The SMILES string of the molecule is CN(Cc1cccnc1)c1ccc(Br)cc1CN. The van der Waals surface area contributed by atoms with Gasteiger partial charge in [0.05, 0.1) is 0 Å². The summed E-state index contributed by atoms with van der Waals surface area (Å²) in [5.74, 6) is 0. The van der Waals surface area contributed by atoms with Gasteiger partial charge in [0, 0.05) is 42.7 Å². The predicted molar refractivity (Wildman–Crippen MR) is 78.4 cm³/mol. The number of hydrogen-bond donors (Lipinski definition) is 1. The fourth-order valence-corrected chi connectivity index (χ4v) is 2.35. The molecule has 0 fully saturated rings. The summed E-state index contributed by atoms with van der Waals surface area (Å²) in [4.78, 5) is 6.32. The van der Waals surface area contributed by atoms with Gasteiger partial charge < -0.3 is 10.6 Å². The molecule has 1 aromatic heterocycles. The maximum Gasteiger partial charge on any atom is 0.0441 e. The third-order valence-corrected chi connectivity index (χ3v) is 3.31. The summed E-state index contributed by atoms with van der Waals surface area (Å²) in [6, 6.07) is 10.2. The molecule has 0 amide bonds. The van der Waals surface area contributed by atoms with Crippen molar-refractivity contribution in [1.82, 2.24) is 4.98 Å². The molecule has 0 aliphatic carbocycles. The highest BCUT2D eigenvalue weighted by Crippen LogP contribution is 2.24. The molecule has 4 heteroatoms. The number of hydrogen-bond acceptors (Lipinski definition) is 3. The molecule has 0 aliphatic heterocycles. The molecular weight excluding hydrogens is 290 g/mol. The standard InChI is InChI=1S/C14H16BrN3/c1-18(10-11-3-2-6-17-9-11)14-5-4-13(15)7-12(14)8-16/h2-7,9H,8,10,16H2,1H3. The Morgan fingerprint density at radius 3 is 2.83 bits per heavy atom. The zero-order valence-electron chi connectivity index (χ0n) is 10.3. The normalized spacial score (nSPS) is 10.4. The van der Waals surface area contributed by atoms with Crippen LogP contribution in [-0.4, -0.2) is 12.0 Å². The molecule has 2 N–H and O–H groups in total. The van der Waals surface area contributed by atoms with Crippen molar-refractivity contribution >= 4 is 21.6 Å². The fraction of sp³-hybridized carbons (Fsp3) is 0.214. The van der Waals surface area contributed by atoms with Crippen molar-refractivity contribution in [3.05, 3.63) is 58.3 Å². The highest BCUT2D eigenvalue weighted by Gasteiger charge is 2.07. The molecule has 0 unspecified atom stereocenters. The minimum atomic E-state index is 0.534. The molecule has 2 rings (SSSR count). The van der Waals surface area contributed by atoms with Gasteiger partial charge in [-0.2, -0.15) is 0 Å². The lowest BCUT2D eigenvalue weighted by Crippen LogP contribution is -2.19. The Hall–Kier alpha value is -1.39. The molecule has 1 aromatic carbocycles. The Morgan fingerprint density at radius 1 is 1.33 bits per heavy atom. The Kier molecular flexibility index (Phi) is 4.33. The van der Waals surface area contributed by atoms with Crippen LogP contribution in [0.3, 0.4) is 0 Å². The van der Waals surface area contributed by atoms with Gasteiger partial charge in [0.15, 0.2) is 0 Å². The Bertz CT molecular complexity index is 514. The Balaban J connectivity index is 2.21. The first-order valence-electron chi connectivity index (χ1n) is 5.79. The van der Waals surface area contributed by atoms with Crippen LogP contribution in [0.1, 0.15) is 11.1 Å². The molecule has 0 radical (unpaired) electrons. The molecule has 2 aromatic rings. The second-order valence-corrected chi connectivity index (χ2v) is 5.11. The van der Waals surface area contributed by atoms with E-state index in [4.69, 9.17) is 5.73 Å². The van der Waals surface area contributed by atoms with Crippen molar-refractivity contribution in [2.24, 2.45) is 5.73 Å². The molecule has 0 spiro atoms. The van der Waals surface area contributed by atoms with E-state index in [-0.39, 0.29) is 0 Å². The molecule has 0 atom stereocenters. The van der Waals surface area contributed by atoms with E-state index in [0.29, 0.717) is 6.54 Å². The average molecular weight is 306 g/mol. The van der Waals surface area contributed by atoms with Crippen LogP contribution in [0.15, 0.2) is 47.2 Å². The van der Waals surface area contributed by atoms with Crippen LogP contribution in [-0.2, 0) is 13.1 Å². The number of aromatic nitrogens is 1. The van der Waals surface area contributed by atoms with Gasteiger partial charge in [-0.05, 0) is 35.4 Å². The highest BCUT2D eigenvalue weighted by atomic mass is 79.9. The molecule has 0 aliphatic rings. The largest absolute Gasteiger partial charge is 0.370 e. The zero-order chi connectivity index (χ0) is 13.0. The minimum Gasteiger partial charge on any atom is -0.370 e. The number of nitrogens with two attached hydrogens (primary N) is 1. The molecule has 0 saturated carbocycles. The topological polar surface area (TPSA) is 42.2 Å². The van der Waals surface area contributed by atoms with Crippen LogP contribution in [0.2, 0.25) is 0 Å². The van der Waals surface area contributed by atoms with Crippen LogP contribution in [0.5, 0.6) is 0 Å². The average Bonchev–Trinajstić information content (AvgIpc) is 2.39. The van der Waals surface area contributed by atoms with Gasteiger partial charge in [0.2, 0.25) is 0 Å². The molecule has 0 bridgehead atoms. The van der Waals surface area contributed by atoms with Crippen molar-refractivity contribution in [1.29, 1.82) is 0 Å². The first-order valence-corrected chi connectivity index (χ1v) is 6.58. The zero-order valence-corrected chi connectivity index (χ0v) is 11.9. The summed E-state index contributed by atoms with van der Waals surface area (Å²) in [6.45, 7) is 1.36. The first kappa shape index (κ1) is 13.1. The van der Waals surface area contributed by atoms with Gasteiger partial charge in [0.1, 0.15) is 0 Å². The predicted octanol–water partition coefficient (Wildman–Crippen LogP) is 2.94. The molecule has 3 nitrogen and oxygen atoms in total. The van der Waals surface area contributed by atoms with Crippen molar-refractivity contribution in [3.63, 3.8) is 0 Å². The lowest BCUT2D eigenvalue weighted by Gasteiger charge is -2.22. The van der Waals surface area contributed by atoms with E-state index in [1.807, 2.05) is 18.3 Å². The summed E-state index contributed by atoms with van der Waals surface area (Å²) in [5.41, 5.74) is 9.27. The molecule has 1 heterocycles. The van der Waals surface area contributed by atoms with Gasteiger partial charge in [0.25, 0.3) is 0 Å². The van der Waals surface area contributed by atoms with E-state index in [1.54, 1.807) is 6.20 Å². The van der Waals surface area contributed by atoms with Gasteiger partial charge in [-0.1, -0.05) is 22.0 Å².